The highest BCUT2D eigenvalue weighted by Crippen LogP contribution is 2.11. The van der Waals surface area contributed by atoms with E-state index in [4.69, 9.17) is 0 Å². The molecular weight excluding hydrogens is 252 g/mol. The van der Waals surface area contributed by atoms with Gasteiger partial charge in [0, 0.05) is 14.1 Å². The summed E-state index contributed by atoms with van der Waals surface area (Å²) >= 11 is 0. The van der Waals surface area contributed by atoms with Crippen molar-refractivity contribution in [3.8, 4) is 0 Å². The summed E-state index contributed by atoms with van der Waals surface area (Å²) in [6, 6.07) is -0.336. The summed E-state index contributed by atoms with van der Waals surface area (Å²) in [6.07, 6.45) is 14.0. The molecule has 2 amide bonds. The summed E-state index contributed by atoms with van der Waals surface area (Å²) in [6.45, 7) is 2.69. The number of urea groups is 1. The summed E-state index contributed by atoms with van der Waals surface area (Å²) in [7, 11) is 3.29. The lowest BCUT2D eigenvalue weighted by molar-refractivity contribution is -0.0536. The van der Waals surface area contributed by atoms with Crippen LogP contribution in [0.15, 0.2) is 0 Å². The van der Waals surface area contributed by atoms with E-state index in [1.165, 1.54) is 62.7 Å². The summed E-state index contributed by atoms with van der Waals surface area (Å²) < 4.78 is 0. The number of rotatable bonds is 12. The molecule has 0 aliphatic heterocycles. The Morgan fingerprint density at radius 2 is 1.20 bits per heavy atom. The van der Waals surface area contributed by atoms with Gasteiger partial charge in [-0.05, 0) is 6.42 Å². The zero-order valence-electron chi connectivity index (χ0n) is 13.7. The van der Waals surface area contributed by atoms with Crippen LogP contribution in [-0.4, -0.2) is 41.8 Å². The van der Waals surface area contributed by atoms with Gasteiger partial charge in [-0.2, -0.15) is 0 Å². The number of hydrogen-bond acceptors (Lipinski definition) is 2. The fourth-order valence-corrected chi connectivity index (χ4v) is 2.25. The summed E-state index contributed by atoms with van der Waals surface area (Å²) in [5.74, 6) is 0. The van der Waals surface area contributed by atoms with E-state index in [9.17, 15) is 10.0 Å². The third-order valence-electron chi connectivity index (χ3n) is 3.58. The van der Waals surface area contributed by atoms with Crippen molar-refractivity contribution in [2.24, 2.45) is 0 Å². The molecule has 0 heterocycles. The lowest BCUT2D eigenvalue weighted by Crippen LogP contribution is -2.37. The normalized spacial score (nSPS) is 10.6. The molecule has 0 saturated carbocycles. The first-order valence-electron chi connectivity index (χ1n) is 8.27. The maximum Gasteiger partial charge on any atom is 0.343 e. The largest absolute Gasteiger partial charge is 0.343 e. The van der Waals surface area contributed by atoms with Crippen molar-refractivity contribution in [1.29, 1.82) is 0 Å². The topological polar surface area (TPSA) is 43.8 Å². The molecule has 0 spiro atoms. The second kappa shape index (κ2) is 13.2. The van der Waals surface area contributed by atoms with Crippen LogP contribution in [0.25, 0.3) is 0 Å². The number of hydrogen-bond donors (Lipinski definition) is 1. The lowest BCUT2D eigenvalue weighted by Gasteiger charge is -2.19. The Hall–Kier alpha value is -0.770. The van der Waals surface area contributed by atoms with Crippen LogP contribution in [0, 0.1) is 0 Å². The van der Waals surface area contributed by atoms with Gasteiger partial charge in [-0.1, -0.05) is 71.1 Å². The summed E-state index contributed by atoms with van der Waals surface area (Å²) in [5, 5.41) is 10.3. The van der Waals surface area contributed by atoms with Crippen molar-refractivity contribution in [2.75, 3.05) is 20.6 Å². The summed E-state index contributed by atoms with van der Waals surface area (Å²) in [5.41, 5.74) is 0. The first-order chi connectivity index (χ1) is 9.59. The van der Waals surface area contributed by atoms with Crippen molar-refractivity contribution >= 4 is 6.03 Å². The van der Waals surface area contributed by atoms with Crippen LogP contribution in [0.2, 0.25) is 0 Å². The maximum absolute atomic E-state index is 11.4. The van der Waals surface area contributed by atoms with Crippen LogP contribution in [0.1, 0.15) is 77.6 Å². The molecule has 0 rings (SSSR count). The molecule has 0 aliphatic rings. The lowest BCUT2D eigenvalue weighted by atomic mass is 10.1. The number of hydroxylamine groups is 2. The Balaban J connectivity index is 3.22. The van der Waals surface area contributed by atoms with E-state index in [-0.39, 0.29) is 6.03 Å². The number of carbonyl (C=O) groups is 1. The zero-order chi connectivity index (χ0) is 15.2. The maximum atomic E-state index is 11.4. The quantitative estimate of drug-likeness (QED) is 0.322. The van der Waals surface area contributed by atoms with Crippen LogP contribution >= 0.6 is 0 Å². The van der Waals surface area contributed by atoms with E-state index in [2.05, 4.69) is 6.92 Å². The molecule has 0 unspecified atom stereocenters. The van der Waals surface area contributed by atoms with Crippen LogP contribution in [-0.2, 0) is 0 Å². The highest BCUT2D eigenvalue weighted by atomic mass is 16.5. The number of amides is 2. The predicted molar refractivity (Wildman–Crippen MR) is 84.0 cm³/mol. The van der Waals surface area contributed by atoms with Crippen LogP contribution in [0.4, 0.5) is 4.79 Å². The molecule has 20 heavy (non-hydrogen) atoms. The van der Waals surface area contributed by atoms with E-state index in [0.29, 0.717) is 6.54 Å². The van der Waals surface area contributed by atoms with Gasteiger partial charge in [0.05, 0.1) is 6.54 Å². The smallest absolute Gasteiger partial charge is 0.329 e. The summed E-state index contributed by atoms with van der Waals surface area (Å²) in [4.78, 5) is 12.7. The van der Waals surface area contributed by atoms with Crippen LogP contribution < -0.4 is 0 Å². The Morgan fingerprint density at radius 1 is 0.800 bits per heavy atom. The second-order valence-electron chi connectivity index (χ2n) is 5.84. The molecule has 120 valence electrons. The molecule has 0 fully saturated rings. The minimum Gasteiger partial charge on any atom is -0.329 e. The molecule has 0 radical (unpaired) electrons. The van der Waals surface area contributed by atoms with Crippen LogP contribution in [0.5, 0.6) is 0 Å². The highest BCUT2D eigenvalue weighted by molar-refractivity contribution is 5.72. The molecule has 1 N–H and O–H groups in total. The molecule has 0 saturated heterocycles. The molecule has 4 heteroatoms. The molecule has 0 aliphatic carbocycles. The average Bonchev–Trinajstić information content (AvgIpc) is 2.43. The Kier molecular flexibility index (Phi) is 12.7. The number of carbonyl (C=O) groups excluding carboxylic acids is 1. The van der Waals surface area contributed by atoms with E-state index in [1.54, 1.807) is 14.1 Å². The Labute approximate surface area is 125 Å². The molecule has 4 nitrogen and oxygen atoms in total. The van der Waals surface area contributed by atoms with Crippen molar-refractivity contribution in [3.05, 3.63) is 0 Å². The zero-order valence-corrected chi connectivity index (χ0v) is 13.7. The number of nitrogens with zero attached hydrogens (tertiary/aromatic N) is 2. The van der Waals surface area contributed by atoms with Gasteiger partial charge in [-0.25, -0.2) is 9.86 Å². The van der Waals surface area contributed by atoms with E-state index in [0.717, 1.165) is 17.9 Å². The van der Waals surface area contributed by atoms with Gasteiger partial charge in [0.2, 0.25) is 0 Å². The van der Waals surface area contributed by atoms with Gasteiger partial charge in [0.1, 0.15) is 0 Å². The minimum atomic E-state index is -0.336. The molecule has 0 aromatic carbocycles. The van der Waals surface area contributed by atoms with E-state index < -0.39 is 0 Å². The first-order valence-corrected chi connectivity index (χ1v) is 8.27. The SMILES string of the molecule is CCCCCCCCCCCCCN(O)C(=O)N(C)C. The van der Waals surface area contributed by atoms with Crippen molar-refractivity contribution in [1.82, 2.24) is 9.96 Å². The highest BCUT2D eigenvalue weighted by Gasteiger charge is 2.11. The number of unbranched alkanes of at least 4 members (excludes halogenated alkanes) is 10. The third kappa shape index (κ3) is 11.1. The van der Waals surface area contributed by atoms with Crippen molar-refractivity contribution in [2.45, 2.75) is 77.6 Å². The van der Waals surface area contributed by atoms with Gasteiger partial charge in [0.25, 0.3) is 0 Å². The Morgan fingerprint density at radius 3 is 1.60 bits per heavy atom. The second-order valence-corrected chi connectivity index (χ2v) is 5.84. The van der Waals surface area contributed by atoms with Gasteiger partial charge in [0.15, 0.2) is 0 Å². The van der Waals surface area contributed by atoms with Crippen molar-refractivity contribution < 1.29 is 10.0 Å². The van der Waals surface area contributed by atoms with Crippen molar-refractivity contribution in [3.63, 3.8) is 0 Å². The Bertz CT molecular complexity index is 233. The van der Waals surface area contributed by atoms with E-state index >= 15 is 0 Å². The molecule has 0 aromatic rings. The fourth-order valence-electron chi connectivity index (χ4n) is 2.25. The average molecular weight is 286 g/mol. The standard InChI is InChI=1S/C16H34N2O2/c1-4-5-6-7-8-9-10-11-12-13-14-15-18(20)16(19)17(2)3/h20H,4-15H2,1-3H3. The van der Waals surface area contributed by atoms with Gasteiger partial charge >= 0.3 is 6.03 Å². The first kappa shape index (κ1) is 19.2. The van der Waals surface area contributed by atoms with Gasteiger partial charge in [-0.15, -0.1) is 0 Å². The molecule has 0 aromatic heterocycles. The minimum absolute atomic E-state index is 0.336. The van der Waals surface area contributed by atoms with Gasteiger partial charge < -0.3 is 4.90 Å². The van der Waals surface area contributed by atoms with E-state index in [1.807, 2.05) is 0 Å². The van der Waals surface area contributed by atoms with Crippen LogP contribution in [0.3, 0.4) is 0 Å². The fraction of sp³-hybridized carbons (Fsp3) is 0.938. The molecular formula is C16H34N2O2. The molecule has 0 bridgehead atoms. The molecule has 0 atom stereocenters. The third-order valence-corrected chi connectivity index (χ3v) is 3.58. The monoisotopic (exact) mass is 286 g/mol. The predicted octanol–water partition coefficient (Wildman–Crippen LogP) is 4.67. The van der Waals surface area contributed by atoms with Gasteiger partial charge in [-0.3, -0.25) is 5.21 Å².